The molecule has 78 valence electrons. The average Bonchev–Trinajstić information content (AvgIpc) is 2.10. The fraction of sp³-hybridized carbons (Fsp3) is 0.444. The van der Waals surface area contributed by atoms with Gasteiger partial charge in [-0.05, 0) is 12.2 Å². The number of carbonyl (C=O) groups excluding carboxylic acids is 1. The first-order chi connectivity index (χ1) is 6.58. The van der Waals surface area contributed by atoms with Gasteiger partial charge >= 0.3 is 0 Å². The molecule has 1 unspecified atom stereocenters. The maximum absolute atomic E-state index is 11.0. The number of aliphatic hydroxyl groups excluding tert-OH is 1. The molecule has 14 heavy (non-hydrogen) atoms. The minimum Gasteiger partial charge on any atom is -0.398 e. The molecule has 0 spiro atoms. The van der Waals surface area contributed by atoms with E-state index in [0.29, 0.717) is 12.1 Å². The molecule has 0 fully saturated rings. The van der Waals surface area contributed by atoms with E-state index >= 15 is 0 Å². The Morgan fingerprint density at radius 3 is 2.93 bits per heavy atom. The molecule has 1 rings (SSSR count). The van der Waals surface area contributed by atoms with E-state index < -0.39 is 5.66 Å². The predicted molar refractivity (Wildman–Crippen MR) is 52.8 cm³/mol. The van der Waals surface area contributed by atoms with Gasteiger partial charge in [-0.15, -0.1) is 0 Å². The fourth-order valence-corrected chi connectivity index (χ4v) is 1.33. The van der Waals surface area contributed by atoms with Crippen molar-refractivity contribution in [3.05, 3.63) is 24.0 Å². The lowest BCUT2D eigenvalue weighted by atomic mass is 10.0. The number of rotatable bonds is 3. The van der Waals surface area contributed by atoms with E-state index in [1.165, 1.54) is 6.92 Å². The molecule has 5 heteroatoms. The summed E-state index contributed by atoms with van der Waals surface area (Å²) in [6.45, 7) is 1.40. The summed E-state index contributed by atoms with van der Waals surface area (Å²) in [4.78, 5) is 11.0. The molecule has 0 radical (unpaired) electrons. The summed E-state index contributed by atoms with van der Waals surface area (Å²) in [5.74, 6) is -0.163. The predicted octanol–water partition coefficient (Wildman–Crippen LogP) is -0.839. The molecule has 0 aliphatic carbocycles. The van der Waals surface area contributed by atoms with E-state index in [1.807, 2.05) is 0 Å². The maximum atomic E-state index is 11.0. The lowest BCUT2D eigenvalue weighted by Gasteiger charge is -2.33. The first kappa shape index (κ1) is 10.6. The number of amides is 1. The number of nitrogens with two attached hydrogens (primary N) is 1. The Balaban J connectivity index is 2.75. The monoisotopic (exact) mass is 197 g/mol. The van der Waals surface area contributed by atoms with Crippen molar-refractivity contribution in [3.63, 3.8) is 0 Å². The van der Waals surface area contributed by atoms with Crippen LogP contribution in [0.2, 0.25) is 0 Å². The highest BCUT2D eigenvalue weighted by Gasteiger charge is 2.27. The Labute approximate surface area is 82.7 Å². The van der Waals surface area contributed by atoms with Crippen LogP contribution in [0, 0.1) is 0 Å². The van der Waals surface area contributed by atoms with Crippen LogP contribution in [-0.4, -0.2) is 23.3 Å². The topological polar surface area (TPSA) is 87.4 Å². The van der Waals surface area contributed by atoms with Crippen LogP contribution < -0.4 is 16.4 Å². The first-order valence-electron chi connectivity index (χ1n) is 4.40. The Bertz CT molecular complexity index is 286. The smallest absolute Gasteiger partial charge is 0.218 e. The molecule has 0 saturated carbocycles. The third-order valence-electron chi connectivity index (χ3n) is 1.96. The van der Waals surface area contributed by atoms with Crippen LogP contribution in [0.5, 0.6) is 0 Å². The van der Waals surface area contributed by atoms with Gasteiger partial charge in [-0.3, -0.25) is 4.79 Å². The maximum Gasteiger partial charge on any atom is 0.218 e. The molecular weight excluding hydrogens is 182 g/mol. The van der Waals surface area contributed by atoms with Gasteiger partial charge in [0.25, 0.3) is 0 Å². The highest BCUT2D eigenvalue weighted by Crippen LogP contribution is 2.13. The van der Waals surface area contributed by atoms with E-state index in [0.717, 1.165) is 0 Å². The lowest BCUT2D eigenvalue weighted by molar-refractivity contribution is -0.120. The number of hydrogen-bond acceptors (Lipinski definition) is 4. The van der Waals surface area contributed by atoms with Gasteiger partial charge in [0, 0.05) is 31.8 Å². The van der Waals surface area contributed by atoms with Gasteiger partial charge in [0.2, 0.25) is 5.91 Å². The molecule has 1 amide bonds. The van der Waals surface area contributed by atoms with Gasteiger partial charge in [-0.2, -0.15) is 0 Å². The second kappa shape index (κ2) is 4.15. The largest absolute Gasteiger partial charge is 0.398 e. The molecule has 1 heterocycles. The van der Waals surface area contributed by atoms with Crippen molar-refractivity contribution >= 4 is 5.91 Å². The second-order valence-corrected chi connectivity index (χ2v) is 3.25. The van der Waals surface area contributed by atoms with Crippen molar-refractivity contribution in [2.75, 3.05) is 6.61 Å². The number of hydrogen-bond donors (Lipinski definition) is 4. The van der Waals surface area contributed by atoms with E-state index in [1.54, 1.807) is 18.4 Å². The highest BCUT2D eigenvalue weighted by atomic mass is 16.3. The zero-order valence-electron chi connectivity index (χ0n) is 8.08. The number of nitrogens with one attached hydrogen (secondary N) is 2. The number of aliphatic hydroxyl groups is 1. The van der Waals surface area contributed by atoms with Crippen LogP contribution in [0.4, 0.5) is 0 Å². The quantitative estimate of drug-likeness (QED) is 0.475. The van der Waals surface area contributed by atoms with Gasteiger partial charge in [0.05, 0.1) is 0 Å². The molecule has 1 aliphatic heterocycles. The van der Waals surface area contributed by atoms with Crippen molar-refractivity contribution < 1.29 is 9.90 Å². The van der Waals surface area contributed by atoms with Crippen molar-refractivity contribution in [3.8, 4) is 0 Å². The van der Waals surface area contributed by atoms with E-state index in [-0.39, 0.29) is 12.5 Å². The molecule has 0 saturated heterocycles. The molecule has 0 aromatic rings. The van der Waals surface area contributed by atoms with Crippen LogP contribution in [0.1, 0.15) is 13.3 Å². The third-order valence-corrected chi connectivity index (χ3v) is 1.96. The number of allylic oxidation sites excluding steroid dienone is 1. The summed E-state index contributed by atoms with van der Waals surface area (Å²) in [6.07, 6.45) is 5.43. The molecule has 5 N–H and O–H groups in total. The summed E-state index contributed by atoms with van der Waals surface area (Å²) in [7, 11) is 0. The Kier molecular flexibility index (Phi) is 3.14. The van der Waals surface area contributed by atoms with Crippen molar-refractivity contribution in [2.24, 2.45) is 5.73 Å². The zero-order valence-corrected chi connectivity index (χ0v) is 8.08. The Morgan fingerprint density at radius 1 is 1.79 bits per heavy atom. The standard InChI is InChI=1S/C9H15N3O2/c1-7(14)12-9(4-5-13)3-2-8(10)6-11-9/h2-3,6,11,13H,4-5,10H2,1H3,(H,12,14). The van der Waals surface area contributed by atoms with Crippen LogP contribution in [0.15, 0.2) is 24.0 Å². The molecule has 0 aromatic heterocycles. The molecule has 1 atom stereocenters. The Hall–Kier alpha value is -1.49. The molecule has 1 aliphatic rings. The van der Waals surface area contributed by atoms with Crippen LogP contribution in [-0.2, 0) is 4.79 Å². The SMILES string of the molecule is CC(=O)NC1(CCO)C=CC(N)=CN1. The minimum atomic E-state index is -0.705. The van der Waals surface area contributed by atoms with Gasteiger partial charge in [0.1, 0.15) is 5.66 Å². The lowest BCUT2D eigenvalue weighted by Crippen LogP contribution is -2.56. The van der Waals surface area contributed by atoms with Gasteiger partial charge in [-0.25, -0.2) is 0 Å². The summed E-state index contributed by atoms with van der Waals surface area (Å²) < 4.78 is 0. The molecule has 0 bridgehead atoms. The summed E-state index contributed by atoms with van der Waals surface area (Å²) in [5.41, 5.74) is 5.40. The second-order valence-electron chi connectivity index (χ2n) is 3.25. The van der Waals surface area contributed by atoms with Crippen molar-refractivity contribution in [2.45, 2.75) is 19.0 Å². The number of dihydropyridines is 1. The van der Waals surface area contributed by atoms with Gasteiger partial charge < -0.3 is 21.5 Å². The van der Waals surface area contributed by atoms with E-state index in [4.69, 9.17) is 10.8 Å². The highest BCUT2D eigenvalue weighted by molar-refractivity contribution is 5.74. The number of carbonyl (C=O) groups is 1. The average molecular weight is 197 g/mol. The van der Waals surface area contributed by atoms with Gasteiger partial charge in [-0.1, -0.05) is 0 Å². The summed E-state index contributed by atoms with van der Waals surface area (Å²) in [6, 6.07) is 0. The first-order valence-corrected chi connectivity index (χ1v) is 4.40. The van der Waals surface area contributed by atoms with Gasteiger partial charge in [0.15, 0.2) is 0 Å². The zero-order chi connectivity index (χ0) is 10.6. The Morgan fingerprint density at radius 2 is 2.50 bits per heavy atom. The summed E-state index contributed by atoms with van der Waals surface area (Å²) in [5, 5.41) is 14.6. The van der Waals surface area contributed by atoms with E-state index in [9.17, 15) is 4.79 Å². The van der Waals surface area contributed by atoms with Crippen LogP contribution in [0.25, 0.3) is 0 Å². The summed E-state index contributed by atoms with van der Waals surface area (Å²) >= 11 is 0. The molecule has 0 aromatic carbocycles. The minimum absolute atomic E-state index is 0.0225. The van der Waals surface area contributed by atoms with Crippen LogP contribution >= 0.6 is 0 Å². The van der Waals surface area contributed by atoms with Crippen molar-refractivity contribution in [1.82, 2.24) is 10.6 Å². The fourth-order valence-electron chi connectivity index (χ4n) is 1.33. The van der Waals surface area contributed by atoms with Crippen LogP contribution in [0.3, 0.4) is 0 Å². The molecule has 5 nitrogen and oxygen atoms in total. The van der Waals surface area contributed by atoms with E-state index in [2.05, 4.69) is 10.6 Å². The molecular formula is C9H15N3O2. The normalized spacial score (nSPS) is 25.1. The third kappa shape index (κ3) is 2.50. The van der Waals surface area contributed by atoms with Crippen molar-refractivity contribution in [1.29, 1.82) is 0 Å².